The summed E-state index contributed by atoms with van der Waals surface area (Å²) in [6.45, 7) is 6.49. The van der Waals surface area contributed by atoms with Gasteiger partial charge in [0.05, 0.1) is 29.1 Å². The lowest BCUT2D eigenvalue weighted by Gasteiger charge is -2.31. The standard InChI is InChI=1S/C20H29BBr2FN3O5/c1-13(2)11-16(21-31-9-6-27(5-8-28)7-10-32-21)26-17(29)12-25-20(30)18-14(22)3-4-15(23)19(18)24/h3-4,13,16,28H,5-12H2,1-2H3,(H,25,30)(H,26,29)/t16-/m0/s1. The monoisotopic (exact) mass is 579 g/mol. The van der Waals surface area contributed by atoms with Gasteiger partial charge in [0.25, 0.3) is 5.91 Å². The van der Waals surface area contributed by atoms with Crippen LogP contribution in [0.25, 0.3) is 0 Å². The number of nitrogens with zero attached hydrogens (tertiary/aromatic N) is 1. The second kappa shape index (κ2) is 13.6. The molecule has 0 radical (unpaired) electrons. The van der Waals surface area contributed by atoms with Crippen molar-refractivity contribution in [2.24, 2.45) is 5.92 Å². The predicted molar refractivity (Wildman–Crippen MR) is 127 cm³/mol. The number of aliphatic hydroxyl groups excluding tert-OH is 1. The molecule has 1 aliphatic rings. The van der Waals surface area contributed by atoms with Crippen molar-refractivity contribution in [1.29, 1.82) is 0 Å². The molecule has 1 aromatic carbocycles. The van der Waals surface area contributed by atoms with Gasteiger partial charge in [-0.15, -0.1) is 0 Å². The number of hydrogen-bond donors (Lipinski definition) is 3. The number of nitrogens with one attached hydrogen (secondary N) is 2. The van der Waals surface area contributed by atoms with Gasteiger partial charge in [-0.3, -0.25) is 14.5 Å². The van der Waals surface area contributed by atoms with E-state index >= 15 is 0 Å². The smallest absolute Gasteiger partial charge is 0.408 e. The average molecular weight is 581 g/mol. The van der Waals surface area contributed by atoms with Gasteiger partial charge in [0, 0.05) is 37.3 Å². The Labute approximate surface area is 205 Å². The molecule has 0 aromatic heterocycles. The molecule has 0 aliphatic carbocycles. The molecule has 1 fully saturated rings. The Balaban J connectivity index is 1.95. The van der Waals surface area contributed by atoms with Gasteiger partial charge < -0.3 is 25.0 Å². The van der Waals surface area contributed by atoms with Crippen molar-refractivity contribution in [3.63, 3.8) is 0 Å². The molecule has 0 saturated carbocycles. The Hall–Kier alpha value is -1.05. The zero-order valence-corrected chi connectivity index (χ0v) is 21.4. The highest BCUT2D eigenvalue weighted by Gasteiger charge is 2.33. The van der Waals surface area contributed by atoms with E-state index in [-0.39, 0.29) is 29.1 Å². The molecule has 0 spiro atoms. The molecule has 8 nitrogen and oxygen atoms in total. The Morgan fingerprint density at radius 2 is 1.84 bits per heavy atom. The Bertz CT molecular complexity index is 780. The fourth-order valence-corrected chi connectivity index (χ4v) is 4.16. The molecule has 0 unspecified atom stereocenters. The Morgan fingerprint density at radius 3 is 2.44 bits per heavy atom. The summed E-state index contributed by atoms with van der Waals surface area (Å²) in [5.41, 5.74) is -0.176. The largest absolute Gasteiger partial charge is 0.480 e. The number of halogens is 3. The van der Waals surface area contributed by atoms with Crippen LogP contribution in [0.3, 0.4) is 0 Å². The molecular weight excluding hydrogens is 552 g/mol. The predicted octanol–water partition coefficient (Wildman–Crippen LogP) is 1.98. The molecule has 1 atom stereocenters. The van der Waals surface area contributed by atoms with Crippen LogP contribution in [0, 0.1) is 11.7 Å². The summed E-state index contributed by atoms with van der Waals surface area (Å²) in [7, 11) is -0.620. The number of rotatable bonds is 9. The normalized spacial score (nSPS) is 16.4. The van der Waals surface area contributed by atoms with Crippen molar-refractivity contribution in [3.8, 4) is 0 Å². The molecule has 1 heterocycles. The highest BCUT2D eigenvalue weighted by atomic mass is 79.9. The van der Waals surface area contributed by atoms with E-state index in [0.717, 1.165) is 0 Å². The number of β-amino-alcohol motifs (C(OH)–C–C–N with tert-alkyl or cyclic N) is 1. The van der Waals surface area contributed by atoms with Gasteiger partial charge >= 0.3 is 7.12 Å². The van der Waals surface area contributed by atoms with E-state index in [2.05, 4.69) is 42.5 Å². The second-order valence-corrected chi connectivity index (χ2v) is 9.59. The van der Waals surface area contributed by atoms with E-state index in [1.165, 1.54) is 6.07 Å². The third-order valence-electron chi connectivity index (χ3n) is 4.88. The number of benzene rings is 1. The van der Waals surface area contributed by atoms with E-state index < -0.39 is 30.7 Å². The first-order valence-electron chi connectivity index (χ1n) is 10.5. The lowest BCUT2D eigenvalue weighted by molar-refractivity contribution is -0.120. The van der Waals surface area contributed by atoms with Crippen LogP contribution in [0.15, 0.2) is 21.1 Å². The summed E-state index contributed by atoms with van der Waals surface area (Å²) < 4.78 is 26.4. The molecular formula is C20H29BBr2FN3O5. The van der Waals surface area contributed by atoms with E-state index in [0.29, 0.717) is 43.7 Å². The highest BCUT2D eigenvalue weighted by Crippen LogP contribution is 2.26. The minimum Gasteiger partial charge on any atom is -0.408 e. The van der Waals surface area contributed by atoms with Crippen LogP contribution in [-0.2, 0) is 14.1 Å². The van der Waals surface area contributed by atoms with Gasteiger partial charge in [-0.25, -0.2) is 4.39 Å². The van der Waals surface area contributed by atoms with Crippen LogP contribution in [0.2, 0.25) is 0 Å². The number of aliphatic hydroxyl groups is 1. The van der Waals surface area contributed by atoms with Crippen LogP contribution in [0.4, 0.5) is 4.39 Å². The van der Waals surface area contributed by atoms with Crippen molar-refractivity contribution >= 4 is 50.8 Å². The van der Waals surface area contributed by atoms with Crippen molar-refractivity contribution < 1.29 is 28.4 Å². The van der Waals surface area contributed by atoms with Crippen molar-refractivity contribution in [3.05, 3.63) is 32.5 Å². The lowest BCUT2D eigenvalue weighted by Crippen LogP contribution is -2.54. The number of amides is 2. The number of hydrogen-bond acceptors (Lipinski definition) is 6. The van der Waals surface area contributed by atoms with Crippen LogP contribution in [-0.4, -0.2) is 80.9 Å². The lowest BCUT2D eigenvalue weighted by atomic mass is 9.73. The topological polar surface area (TPSA) is 100 Å². The molecule has 2 rings (SSSR count). The summed E-state index contributed by atoms with van der Waals surface area (Å²) in [6.07, 6.45) is 0.622. The zero-order chi connectivity index (χ0) is 23.7. The Morgan fingerprint density at radius 1 is 1.22 bits per heavy atom. The van der Waals surface area contributed by atoms with Crippen LogP contribution < -0.4 is 10.6 Å². The van der Waals surface area contributed by atoms with Crippen molar-refractivity contribution in [1.82, 2.24) is 15.5 Å². The van der Waals surface area contributed by atoms with Gasteiger partial charge in [-0.2, -0.15) is 0 Å². The summed E-state index contributed by atoms with van der Waals surface area (Å²) in [4.78, 5) is 27.0. The summed E-state index contributed by atoms with van der Waals surface area (Å²) in [5, 5.41) is 14.4. The van der Waals surface area contributed by atoms with E-state index in [1.807, 2.05) is 18.7 Å². The fraction of sp³-hybridized carbons (Fsp3) is 0.600. The van der Waals surface area contributed by atoms with Crippen molar-refractivity contribution in [2.45, 2.75) is 26.2 Å². The third-order valence-corrected chi connectivity index (χ3v) is 6.15. The quantitative estimate of drug-likeness (QED) is 0.305. The van der Waals surface area contributed by atoms with Crippen LogP contribution >= 0.6 is 31.9 Å². The minimum atomic E-state index is -0.707. The molecule has 2 amide bonds. The van der Waals surface area contributed by atoms with E-state index in [4.69, 9.17) is 14.4 Å². The van der Waals surface area contributed by atoms with Crippen LogP contribution in [0.5, 0.6) is 0 Å². The van der Waals surface area contributed by atoms with Crippen LogP contribution in [0.1, 0.15) is 30.6 Å². The average Bonchev–Trinajstić information content (AvgIpc) is 2.70. The first-order valence-corrected chi connectivity index (χ1v) is 12.1. The molecule has 178 valence electrons. The van der Waals surface area contributed by atoms with Crippen molar-refractivity contribution in [2.75, 3.05) is 46.0 Å². The first-order chi connectivity index (χ1) is 15.2. The maximum Gasteiger partial charge on any atom is 0.480 e. The molecule has 0 bridgehead atoms. The molecule has 1 saturated heterocycles. The molecule has 32 heavy (non-hydrogen) atoms. The molecule has 1 aliphatic heterocycles. The molecule has 3 N–H and O–H groups in total. The molecule has 12 heteroatoms. The Kier molecular flexibility index (Phi) is 11.6. The van der Waals surface area contributed by atoms with Gasteiger partial charge in [-0.05, 0) is 56.3 Å². The van der Waals surface area contributed by atoms with E-state index in [9.17, 15) is 14.0 Å². The fourth-order valence-electron chi connectivity index (χ4n) is 3.34. The van der Waals surface area contributed by atoms with Gasteiger partial charge in [-0.1, -0.05) is 13.8 Å². The van der Waals surface area contributed by atoms with E-state index in [1.54, 1.807) is 6.07 Å². The number of carbonyl (C=O) groups excluding carboxylic acids is 2. The third kappa shape index (κ3) is 8.38. The molecule has 1 aromatic rings. The van der Waals surface area contributed by atoms with Gasteiger partial charge in [0.1, 0.15) is 0 Å². The SMILES string of the molecule is CC(C)C[C@H](NC(=O)CNC(=O)c1c(Br)ccc(Br)c1F)B1OCCN(CCO)CCO1. The first kappa shape index (κ1) is 27.2. The second-order valence-electron chi connectivity index (χ2n) is 7.88. The summed E-state index contributed by atoms with van der Waals surface area (Å²) >= 11 is 6.22. The van der Waals surface area contributed by atoms with Gasteiger partial charge in [0.2, 0.25) is 5.91 Å². The minimum absolute atomic E-state index is 0.0710. The summed E-state index contributed by atoms with van der Waals surface area (Å²) in [6, 6.07) is 3.03. The maximum atomic E-state index is 14.3. The maximum absolute atomic E-state index is 14.3. The highest BCUT2D eigenvalue weighted by molar-refractivity contribution is 9.11. The van der Waals surface area contributed by atoms with Gasteiger partial charge in [0.15, 0.2) is 5.82 Å². The zero-order valence-electron chi connectivity index (χ0n) is 18.2. The number of carbonyl (C=O) groups is 2. The summed E-state index contributed by atoms with van der Waals surface area (Å²) in [5.74, 6) is -1.97.